The number of carbonyl (C=O) groups is 2. The van der Waals surface area contributed by atoms with E-state index >= 15 is 0 Å². The molecule has 0 atom stereocenters. The molecule has 1 aliphatic rings. The van der Waals surface area contributed by atoms with E-state index < -0.39 is 5.82 Å². The van der Waals surface area contributed by atoms with Gasteiger partial charge in [0.1, 0.15) is 5.82 Å². The number of rotatable bonds is 8. The largest absolute Gasteiger partial charge is 0.377 e. The van der Waals surface area contributed by atoms with Crippen LogP contribution >= 0.6 is 0 Å². The number of hydrogen-bond acceptors (Lipinski definition) is 3. The molecule has 0 bridgehead atoms. The maximum absolute atomic E-state index is 13.7. The zero-order valence-corrected chi connectivity index (χ0v) is 18.1. The van der Waals surface area contributed by atoms with Gasteiger partial charge >= 0.3 is 0 Å². The molecule has 6 heteroatoms. The van der Waals surface area contributed by atoms with E-state index in [0.29, 0.717) is 30.3 Å². The van der Waals surface area contributed by atoms with Crippen LogP contribution in [0.1, 0.15) is 42.6 Å². The molecule has 0 spiro atoms. The van der Waals surface area contributed by atoms with Gasteiger partial charge in [-0.25, -0.2) is 4.39 Å². The third-order valence-electron chi connectivity index (χ3n) is 5.25. The molecule has 1 N–H and O–H groups in total. The third-order valence-corrected chi connectivity index (χ3v) is 5.25. The minimum absolute atomic E-state index is 0.0516. The van der Waals surface area contributed by atoms with E-state index in [0.717, 1.165) is 24.1 Å². The fraction of sp³-hybridized carbons (Fsp3) is 0.417. The highest BCUT2D eigenvalue weighted by molar-refractivity contribution is 5.94. The predicted octanol–water partition coefficient (Wildman–Crippen LogP) is 4.54. The predicted molar refractivity (Wildman–Crippen MR) is 118 cm³/mol. The Bertz CT molecular complexity index is 922. The maximum Gasteiger partial charge on any atom is 0.254 e. The van der Waals surface area contributed by atoms with Crippen molar-refractivity contribution in [3.05, 3.63) is 59.4 Å². The lowest BCUT2D eigenvalue weighted by Gasteiger charge is -2.26. The molecule has 1 saturated carbocycles. The fourth-order valence-electron chi connectivity index (χ4n) is 3.35. The van der Waals surface area contributed by atoms with E-state index in [-0.39, 0.29) is 17.7 Å². The number of benzene rings is 2. The molecule has 2 amide bonds. The molecule has 0 saturated heterocycles. The smallest absolute Gasteiger partial charge is 0.254 e. The number of anilines is 2. The normalized spacial score (nSPS) is 13.3. The van der Waals surface area contributed by atoms with Crippen molar-refractivity contribution < 1.29 is 14.0 Å². The quantitative estimate of drug-likeness (QED) is 0.694. The van der Waals surface area contributed by atoms with Crippen LogP contribution in [-0.4, -0.2) is 37.4 Å². The summed E-state index contributed by atoms with van der Waals surface area (Å²) in [6, 6.07) is 11.6. The number of nitrogens with one attached hydrogen (secondary N) is 1. The van der Waals surface area contributed by atoms with E-state index in [1.807, 2.05) is 51.0 Å². The highest BCUT2D eigenvalue weighted by Crippen LogP contribution is 2.32. The monoisotopic (exact) mass is 411 g/mol. The summed E-state index contributed by atoms with van der Waals surface area (Å²) >= 11 is 0. The molecule has 3 rings (SSSR count). The second kappa shape index (κ2) is 9.28. The van der Waals surface area contributed by atoms with Gasteiger partial charge in [0.15, 0.2) is 0 Å². The minimum Gasteiger partial charge on any atom is -0.377 e. The van der Waals surface area contributed by atoms with Crippen LogP contribution < -0.4 is 10.2 Å². The van der Waals surface area contributed by atoms with Crippen LogP contribution in [0.5, 0.6) is 0 Å². The molecule has 2 aromatic carbocycles. The van der Waals surface area contributed by atoms with Gasteiger partial charge in [-0.05, 0) is 60.7 Å². The van der Waals surface area contributed by atoms with Gasteiger partial charge < -0.3 is 15.1 Å². The summed E-state index contributed by atoms with van der Waals surface area (Å²) in [5.74, 6) is -0.274. The van der Waals surface area contributed by atoms with Gasteiger partial charge in [0, 0.05) is 50.0 Å². The molecular formula is C24H30FN3O2. The number of hydrogen-bond donors (Lipinski definition) is 1. The van der Waals surface area contributed by atoms with Crippen molar-refractivity contribution in [2.24, 2.45) is 11.8 Å². The van der Waals surface area contributed by atoms with E-state index in [2.05, 4.69) is 5.32 Å². The molecular weight excluding hydrogens is 381 g/mol. The number of halogens is 1. The van der Waals surface area contributed by atoms with Crippen molar-refractivity contribution in [1.29, 1.82) is 0 Å². The van der Waals surface area contributed by atoms with Gasteiger partial charge in [0.2, 0.25) is 5.91 Å². The lowest BCUT2D eigenvalue weighted by atomic mass is 10.1. The third kappa shape index (κ3) is 5.59. The first-order chi connectivity index (χ1) is 14.2. The Morgan fingerprint density at radius 2 is 1.87 bits per heavy atom. The summed E-state index contributed by atoms with van der Waals surface area (Å²) in [6.45, 7) is 4.73. The number of amides is 2. The number of carbonyl (C=O) groups excluding carboxylic acids is 2. The Kier molecular flexibility index (Phi) is 6.75. The van der Waals surface area contributed by atoms with Crippen molar-refractivity contribution in [1.82, 2.24) is 4.90 Å². The van der Waals surface area contributed by atoms with Crippen LogP contribution in [0.25, 0.3) is 0 Å². The van der Waals surface area contributed by atoms with Gasteiger partial charge in [-0.3, -0.25) is 9.59 Å². The van der Waals surface area contributed by atoms with E-state index in [9.17, 15) is 14.0 Å². The molecule has 0 aromatic heterocycles. The van der Waals surface area contributed by atoms with Crippen molar-refractivity contribution >= 4 is 23.2 Å². The lowest BCUT2D eigenvalue weighted by Crippen LogP contribution is -2.33. The molecule has 0 heterocycles. The summed E-state index contributed by atoms with van der Waals surface area (Å²) in [7, 11) is 3.90. The van der Waals surface area contributed by atoms with Gasteiger partial charge in [0.25, 0.3) is 5.91 Å². The summed E-state index contributed by atoms with van der Waals surface area (Å²) in [4.78, 5) is 29.1. The van der Waals surface area contributed by atoms with Crippen LogP contribution in [-0.2, 0) is 11.3 Å². The first-order valence-electron chi connectivity index (χ1n) is 10.4. The average molecular weight is 412 g/mol. The first-order valence-corrected chi connectivity index (χ1v) is 10.4. The second-order valence-electron chi connectivity index (χ2n) is 8.52. The van der Waals surface area contributed by atoms with Crippen molar-refractivity contribution in [3.63, 3.8) is 0 Å². The van der Waals surface area contributed by atoms with Gasteiger partial charge in [-0.1, -0.05) is 19.9 Å². The van der Waals surface area contributed by atoms with E-state index in [1.165, 1.54) is 12.1 Å². The molecule has 2 aromatic rings. The Labute approximate surface area is 177 Å². The van der Waals surface area contributed by atoms with Crippen molar-refractivity contribution in [3.8, 4) is 0 Å². The second-order valence-corrected chi connectivity index (χ2v) is 8.52. The zero-order valence-electron chi connectivity index (χ0n) is 18.1. The topological polar surface area (TPSA) is 52.7 Å². The Balaban J connectivity index is 1.90. The van der Waals surface area contributed by atoms with E-state index in [1.54, 1.807) is 17.0 Å². The van der Waals surface area contributed by atoms with Gasteiger partial charge in [-0.2, -0.15) is 0 Å². The Morgan fingerprint density at radius 1 is 1.13 bits per heavy atom. The Hall–Kier alpha value is -2.89. The summed E-state index contributed by atoms with van der Waals surface area (Å²) in [6.07, 6.45) is 2.22. The Morgan fingerprint density at radius 3 is 2.47 bits per heavy atom. The standard InChI is InChI=1S/C24H30FN3O2/c1-16(2)23(29)26-21-10-11-22(27(3)4)19(13-21)15-28(14-17-8-9-17)24(30)18-6-5-7-20(25)12-18/h5-7,10-13,16-17H,8-9,14-15H2,1-4H3,(H,26,29). The SMILES string of the molecule is CC(C)C(=O)Nc1ccc(N(C)C)c(CN(CC2CC2)C(=O)c2cccc(F)c2)c1. The molecule has 0 unspecified atom stereocenters. The minimum atomic E-state index is -0.417. The molecule has 0 aliphatic heterocycles. The molecule has 1 fully saturated rings. The lowest BCUT2D eigenvalue weighted by molar-refractivity contribution is -0.118. The summed E-state index contributed by atoms with van der Waals surface area (Å²) in [5.41, 5.74) is 2.97. The highest BCUT2D eigenvalue weighted by atomic mass is 19.1. The van der Waals surface area contributed by atoms with Crippen molar-refractivity contribution in [2.45, 2.75) is 33.2 Å². The summed E-state index contributed by atoms with van der Waals surface area (Å²) in [5, 5.41) is 2.93. The number of nitrogens with zero attached hydrogens (tertiary/aromatic N) is 2. The molecule has 30 heavy (non-hydrogen) atoms. The first kappa shape index (κ1) is 21.8. The average Bonchev–Trinajstić information content (AvgIpc) is 3.51. The molecule has 5 nitrogen and oxygen atoms in total. The van der Waals surface area contributed by atoms with Gasteiger partial charge in [0.05, 0.1) is 0 Å². The van der Waals surface area contributed by atoms with Crippen molar-refractivity contribution in [2.75, 3.05) is 30.9 Å². The van der Waals surface area contributed by atoms with Crippen LogP contribution in [0.4, 0.5) is 15.8 Å². The zero-order chi connectivity index (χ0) is 21.8. The molecule has 0 radical (unpaired) electrons. The van der Waals surface area contributed by atoms with E-state index in [4.69, 9.17) is 0 Å². The fourth-order valence-corrected chi connectivity index (χ4v) is 3.35. The molecule has 160 valence electrons. The van der Waals surface area contributed by atoms with Crippen LogP contribution in [0, 0.1) is 17.7 Å². The van der Waals surface area contributed by atoms with Crippen LogP contribution in [0.2, 0.25) is 0 Å². The highest BCUT2D eigenvalue weighted by Gasteiger charge is 2.28. The maximum atomic E-state index is 13.7. The molecule has 1 aliphatic carbocycles. The van der Waals surface area contributed by atoms with Crippen LogP contribution in [0.15, 0.2) is 42.5 Å². The van der Waals surface area contributed by atoms with Gasteiger partial charge in [-0.15, -0.1) is 0 Å². The van der Waals surface area contributed by atoms with Crippen LogP contribution in [0.3, 0.4) is 0 Å². The summed E-state index contributed by atoms with van der Waals surface area (Å²) < 4.78 is 13.7.